The minimum Gasteiger partial charge on any atom is -0.481 e. The maximum Gasteiger partial charge on any atom is 0.306 e. The number of rotatable bonds is 5. The molecule has 0 spiro atoms. The fraction of sp³-hybridized carbons (Fsp3) is 0.923. The summed E-state index contributed by atoms with van der Waals surface area (Å²) in [5.41, 5.74) is 0.182. The van der Waals surface area contributed by atoms with E-state index in [1.54, 1.807) is 0 Å². The van der Waals surface area contributed by atoms with E-state index in [0.29, 0.717) is 19.3 Å². The maximum atomic E-state index is 11.2. The molecular weight excluding hydrogens is 252 g/mol. The molecule has 0 heterocycles. The molecule has 1 saturated carbocycles. The second-order valence-corrected chi connectivity index (χ2v) is 8.64. The Hall–Kier alpha value is -0.580. The van der Waals surface area contributed by atoms with E-state index in [0.717, 1.165) is 12.8 Å². The molecule has 0 saturated heterocycles. The lowest BCUT2D eigenvalue weighted by atomic mass is 9.66. The minimum atomic E-state index is -2.94. The van der Waals surface area contributed by atoms with Gasteiger partial charge in [0.1, 0.15) is 9.84 Å². The van der Waals surface area contributed by atoms with Crippen molar-refractivity contribution in [1.82, 2.24) is 0 Å². The maximum absolute atomic E-state index is 11.2. The van der Waals surface area contributed by atoms with Crippen LogP contribution in [0.4, 0.5) is 0 Å². The fourth-order valence-electron chi connectivity index (χ4n) is 2.97. The van der Waals surface area contributed by atoms with Crippen molar-refractivity contribution < 1.29 is 18.3 Å². The van der Waals surface area contributed by atoms with Crippen LogP contribution in [0, 0.1) is 17.3 Å². The molecule has 1 aliphatic rings. The van der Waals surface area contributed by atoms with Crippen LogP contribution in [0.5, 0.6) is 0 Å². The molecule has 0 radical (unpaired) electrons. The average molecular weight is 276 g/mol. The number of sulfone groups is 1. The summed E-state index contributed by atoms with van der Waals surface area (Å²) in [5.74, 6) is -0.739. The van der Waals surface area contributed by atoms with Gasteiger partial charge in [0.2, 0.25) is 0 Å². The summed E-state index contributed by atoms with van der Waals surface area (Å²) in [6.07, 6.45) is 5.04. The van der Waals surface area contributed by atoms with Crippen LogP contribution in [0.15, 0.2) is 0 Å². The number of hydrogen-bond donors (Lipinski definition) is 1. The smallest absolute Gasteiger partial charge is 0.306 e. The Morgan fingerprint density at radius 1 is 1.39 bits per heavy atom. The Morgan fingerprint density at radius 3 is 2.50 bits per heavy atom. The van der Waals surface area contributed by atoms with Gasteiger partial charge >= 0.3 is 5.97 Å². The van der Waals surface area contributed by atoms with Crippen LogP contribution < -0.4 is 0 Å². The Balaban J connectivity index is 2.59. The summed E-state index contributed by atoms with van der Waals surface area (Å²) in [4.78, 5) is 11.2. The van der Waals surface area contributed by atoms with Crippen molar-refractivity contribution in [2.24, 2.45) is 17.3 Å². The molecule has 0 aromatic carbocycles. The van der Waals surface area contributed by atoms with Gasteiger partial charge in [0.15, 0.2) is 0 Å². The summed E-state index contributed by atoms with van der Waals surface area (Å²) in [7, 11) is -2.94. The van der Waals surface area contributed by atoms with Crippen molar-refractivity contribution in [2.45, 2.75) is 46.0 Å². The van der Waals surface area contributed by atoms with E-state index in [1.165, 1.54) is 6.26 Å². The predicted octanol–water partition coefficient (Wildman–Crippen LogP) is 2.34. The van der Waals surface area contributed by atoms with Crippen LogP contribution in [0.2, 0.25) is 0 Å². The van der Waals surface area contributed by atoms with Crippen LogP contribution in [0.1, 0.15) is 46.0 Å². The minimum absolute atomic E-state index is 0.119. The van der Waals surface area contributed by atoms with Crippen molar-refractivity contribution in [3.63, 3.8) is 0 Å². The lowest BCUT2D eigenvalue weighted by molar-refractivity contribution is -0.146. The summed E-state index contributed by atoms with van der Waals surface area (Å²) in [6, 6.07) is 0. The van der Waals surface area contributed by atoms with Crippen molar-refractivity contribution in [2.75, 3.05) is 12.0 Å². The molecule has 106 valence electrons. The molecule has 0 amide bonds. The Kier molecular flexibility index (Phi) is 4.81. The highest BCUT2D eigenvalue weighted by Crippen LogP contribution is 2.43. The third-order valence-electron chi connectivity index (χ3n) is 3.92. The molecule has 2 unspecified atom stereocenters. The van der Waals surface area contributed by atoms with Gasteiger partial charge < -0.3 is 5.11 Å². The largest absolute Gasteiger partial charge is 0.481 e. The molecule has 4 nitrogen and oxygen atoms in total. The van der Waals surface area contributed by atoms with Crippen molar-refractivity contribution in [3.8, 4) is 0 Å². The number of aliphatic carboxylic acids is 1. The zero-order valence-corrected chi connectivity index (χ0v) is 12.3. The van der Waals surface area contributed by atoms with Crippen LogP contribution in [-0.4, -0.2) is 31.5 Å². The Morgan fingerprint density at radius 2 is 2.00 bits per heavy atom. The normalized spacial score (nSPS) is 27.9. The van der Waals surface area contributed by atoms with Crippen LogP contribution >= 0.6 is 0 Å². The number of hydrogen-bond acceptors (Lipinski definition) is 3. The second-order valence-electron chi connectivity index (χ2n) is 6.38. The molecular formula is C13H24O4S. The molecule has 0 bridgehead atoms. The lowest BCUT2D eigenvalue weighted by Crippen LogP contribution is -2.34. The van der Waals surface area contributed by atoms with Gasteiger partial charge in [0.05, 0.1) is 5.92 Å². The zero-order chi connectivity index (χ0) is 14.0. The first-order valence-corrected chi connectivity index (χ1v) is 8.57. The van der Waals surface area contributed by atoms with Crippen LogP contribution in [0.3, 0.4) is 0 Å². The lowest BCUT2D eigenvalue weighted by Gasteiger charge is -2.39. The van der Waals surface area contributed by atoms with Gasteiger partial charge in [-0.05, 0) is 43.4 Å². The number of carbonyl (C=O) groups is 1. The molecule has 0 aromatic heterocycles. The number of carboxylic acid groups (broad SMARTS) is 1. The first kappa shape index (κ1) is 15.5. The third kappa shape index (κ3) is 4.96. The van der Waals surface area contributed by atoms with Gasteiger partial charge in [-0.3, -0.25) is 4.79 Å². The first-order chi connectivity index (χ1) is 8.11. The third-order valence-corrected chi connectivity index (χ3v) is 4.95. The quantitative estimate of drug-likeness (QED) is 0.836. The van der Waals surface area contributed by atoms with Crippen molar-refractivity contribution in [1.29, 1.82) is 0 Å². The molecule has 1 rings (SSSR count). The van der Waals surface area contributed by atoms with Crippen molar-refractivity contribution in [3.05, 3.63) is 0 Å². The van der Waals surface area contributed by atoms with Gasteiger partial charge in [-0.25, -0.2) is 8.42 Å². The van der Waals surface area contributed by atoms with Gasteiger partial charge in [0.25, 0.3) is 0 Å². The van der Waals surface area contributed by atoms with E-state index in [-0.39, 0.29) is 23.0 Å². The number of carboxylic acids is 1. The Bertz CT molecular complexity index is 397. The van der Waals surface area contributed by atoms with Gasteiger partial charge in [-0.2, -0.15) is 0 Å². The summed E-state index contributed by atoms with van der Waals surface area (Å²) in [5, 5.41) is 9.22. The van der Waals surface area contributed by atoms with Crippen LogP contribution in [-0.2, 0) is 14.6 Å². The van der Waals surface area contributed by atoms with Crippen molar-refractivity contribution >= 4 is 15.8 Å². The first-order valence-electron chi connectivity index (χ1n) is 6.51. The van der Waals surface area contributed by atoms with Gasteiger partial charge in [-0.15, -0.1) is 0 Å². The monoisotopic (exact) mass is 276 g/mol. The second kappa shape index (κ2) is 5.59. The van der Waals surface area contributed by atoms with E-state index < -0.39 is 15.8 Å². The van der Waals surface area contributed by atoms with E-state index >= 15 is 0 Å². The summed E-state index contributed by atoms with van der Waals surface area (Å²) < 4.78 is 22.2. The van der Waals surface area contributed by atoms with E-state index in [2.05, 4.69) is 13.8 Å². The molecule has 1 N–H and O–H groups in total. The summed E-state index contributed by atoms with van der Waals surface area (Å²) >= 11 is 0. The molecule has 0 aliphatic heterocycles. The highest BCUT2D eigenvalue weighted by Gasteiger charge is 2.38. The average Bonchev–Trinajstić information content (AvgIpc) is 2.13. The molecule has 5 heteroatoms. The summed E-state index contributed by atoms with van der Waals surface area (Å²) in [6.45, 7) is 4.32. The molecule has 1 fully saturated rings. The Labute approximate surface area is 110 Å². The van der Waals surface area contributed by atoms with E-state index in [9.17, 15) is 18.3 Å². The highest BCUT2D eigenvalue weighted by molar-refractivity contribution is 7.90. The van der Waals surface area contributed by atoms with Gasteiger partial charge in [0, 0.05) is 12.0 Å². The predicted molar refractivity (Wildman–Crippen MR) is 71.2 cm³/mol. The molecule has 18 heavy (non-hydrogen) atoms. The van der Waals surface area contributed by atoms with Gasteiger partial charge in [-0.1, -0.05) is 13.8 Å². The molecule has 0 aromatic rings. The zero-order valence-electron chi connectivity index (χ0n) is 11.5. The van der Waals surface area contributed by atoms with E-state index in [4.69, 9.17) is 0 Å². The van der Waals surface area contributed by atoms with E-state index in [1.807, 2.05) is 0 Å². The fourth-order valence-corrected chi connectivity index (χ4v) is 3.66. The van der Waals surface area contributed by atoms with Crippen LogP contribution in [0.25, 0.3) is 0 Å². The standard InChI is InChI=1S/C13H24O4S/c1-13(2)7-6-11(12(14)15)10(9-13)5-4-8-18(3,16)17/h10-11H,4-9H2,1-3H3,(H,14,15). The highest BCUT2D eigenvalue weighted by atomic mass is 32.2. The SMILES string of the molecule is CC1(C)CCC(C(=O)O)C(CCCS(C)(=O)=O)C1. The molecule has 1 aliphatic carbocycles. The topological polar surface area (TPSA) is 71.4 Å². The molecule has 2 atom stereocenters.